The molecule has 6 rings (SSSR count). The Hall–Kier alpha value is -4.52. The number of sulfonamides is 1. The number of fused-ring (bicyclic) bond motifs is 1. The number of carbonyl (C=O) groups is 2. The summed E-state index contributed by atoms with van der Waals surface area (Å²) in [5, 5.41) is 2.81. The topological polar surface area (TPSA) is 148 Å². The van der Waals surface area contributed by atoms with Crippen LogP contribution in [0.5, 0.6) is 0 Å². The number of carbonyl (C=O) groups excluding carboxylic acids is 2. The third kappa shape index (κ3) is 7.08. The van der Waals surface area contributed by atoms with E-state index in [1.807, 2.05) is 40.3 Å². The number of pyridine rings is 1. The predicted molar refractivity (Wildman–Crippen MR) is 169 cm³/mol. The Bertz CT molecular complexity index is 1900. The summed E-state index contributed by atoms with van der Waals surface area (Å²) >= 11 is 0. The molecule has 0 unspecified atom stereocenters. The molecule has 4 aromatic rings. The Morgan fingerprint density at radius 3 is 2.58 bits per heavy atom. The molecule has 2 aliphatic carbocycles. The first-order valence-electron chi connectivity index (χ1n) is 14.9. The molecule has 2 N–H and O–H groups in total. The smallest absolute Gasteiger partial charge is 0.421 e. The van der Waals surface area contributed by atoms with Gasteiger partial charge in [-0.05, 0) is 88.8 Å². The molecule has 0 radical (unpaired) electrons. The molecule has 2 aliphatic rings. The van der Waals surface area contributed by atoms with Crippen molar-refractivity contribution in [2.45, 2.75) is 75.8 Å². The van der Waals surface area contributed by atoms with Crippen LogP contribution >= 0.6 is 0 Å². The first-order chi connectivity index (χ1) is 21.3. The summed E-state index contributed by atoms with van der Waals surface area (Å²) in [6, 6.07) is 10.5. The molecule has 2 atom stereocenters. The highest BCUT2D eigenvalue weighted by molar-refractivity contribution is 7.90. The molecule has 2 fully saturated rings. The van der Waals surface area contributed by atoms with E-state index >= 15 is 0 Å². The van der Waals surface area contributed by atoms with E-state index in [2.05, 4.69) is 27.5 Å². The quantitative estimate of drug-likeness (QED) is 0.263. The molecule has 0 bridgehead atoms. The fourth-order valence-corrected chi connectivity index (χ4v) is 6.34. The van der Waals surface area contributed by atoms with Gasteiger partial charge in [0.1, 0.15) is 22.0 Å². The van der Waals surface area contributed by atoms with Crippen LogP contribution in [0.2, 0.25) is 0 Å². The summed E-state index contributed by atoms with van der Waals surface area (Å²) in [4.78, 5) is 40.9. The van der Waals surface area contributed by atoms with Gasteiger partial charge in [0.05, 0.1) is 17.9 Å². The molecule has 3 aromatic heterocycles. The second kappa shape index (κ2) is 11.4. The molecule has 0 aliphatic heterocycles. The van der Waals surface area contributed by atoms with Gasteiger partial charge in [-0.25, -0.2) is 32.9 Å². The van der Waals surface area contributed by atoms with E-state index in [9.17, 15) is 18.0 Å². The zero-order chi connectivity index (χ0) is 32.1. The average molecular weight is 632 g/mol. The molecule has 1 aromatic carbocycles. The van der Waals surface area contributed by atoms with E-state index in [1.165, 1.54) is 24.5 Å². The first-order valence-corrected chi connectivity index (χ1v) is 16.4. The average Bonchev–Trinajstić information content (AvgIpc) is 3.87. The first kappa shape index (κ1) is 30.5. The number of rotatable bonds is 9. The number of imidazole rings is 1. The number of hydrogen-bond acceptors (Lipinski definition) is 9. The number of ether oxygens (including phenoxy) is 1. The van der Waals surface area contributed by atoms with Crippen LogP contribution in [-0.2, 0) is 26.1 Å². The van der Waals surface area contributed by atoms with Crippen LogP contribution < -0.4 is 14.9 Å². The lowest BCUT2D eigenvalue weighted by molar-refractivity contribution is -0.117. The number of hydrogen-bond donors (Lipinski definition) is 2. The van der Waals surface area contributed by atoms with Crippen LogP contribution in [0.15, 0.2) is 59.9 Å². The van der Waals surface area contributed by atoms with Crippen LogP contribution in [0, 0.1) is 12.8 Å². The fraction of sp³-hybridized carbons (Fsp3) is 0.406. The number of aryl methyl sites for hydroxylation is 1. The Kier molecular flexibility index (Phi) is 7.76. The summed E-state index contributed by atoms with van der Waals surface area (Å²) < 4.78 is 35.9. The minimum atomic E-state index is -4.41. The number of aromatic nitrogens is 4. The largest absolute Gasteiger partial charge is 0.443 e. The van der Waals surface area contributed by atoms with Crippen molar-refractivity contribution >= 4 is 39.0 Å². The summed E-state index contributed by atoms with van der Waals surface area (Å²) in [6.07, 6.45) is 7.64. The minimum absolute atomic E-state index is 0.0419. The van der Waals surface area contributed by atoms with Crippen molar-refractivity contribution in [1.29, 1.82) is 0 Å². The van der Waals surface area contributed by atoms with E-state index in [4.69, 9.17) is 9.72 Å². The SMILES string of the molecule is Cc1ccnc([C@H]2C[C@@H]2C(=O)Nc2cc(N(C)Cc3cn4cc(C5CC5)ccc4n3)ccc2S(=O)(=O)NC(=O)OC(C)(C)C)n1. The van der Waals surface area contributed by atoms with E-state index in [0.29, 0.717) is 30.4 Å². The Balaban J connectivity index is 1.25. The lowest BCUT2D eigenvalue weighted by Crippen LogP contribution is -2.36. The summed E-state index contributed by atoms with van der Waals surface area (Å²) in [6.45, 7) is 7.19. The third-order valence-corrected chi connectivity index (χ3v) is 9.18. The Morgan fingerprint density at radius 1 is 1.09 bits per heavy atom. The highest BCUT2D eigenvalue weighted by Crippen LogP contribution is 2.47. The van der Waals surface area contributed by atoms with Crippen LogP contribution in [0.1, 0.15) is 74.6 Å². The molecule has 0 spiro atoms. The maximum atomic E-state index is 13.4. The van der Waals surface area contributed by atoms with Crippen molar-refractivity contribution in [3.63, 3.8) is 0 Å². The van der Waals surface area contributed by atoms with Gasteiger partial charge in [0.25, 0.3) is 10.0 Å². The summed E-state index contributed by atoms with van der Waals surface area (Å²) in [5.74, 6) is 0.281. The van der Waals surface area contributed by atoms with Crippen LogP contribution in [0.3, 0.4) is 0 Å². The van der Waals surface area contributed by atoms with Gasteiger partial charge in [-0.15, -0.1) is 0 Å². The Morgan fingerprint density at radius 2 is 1.87 bits per heavy atom. The number of amides is 2. The van der Waals surface area contributed by atoms with Gasteiger partial charge in [-0.3, -0.25) is 4.79 Å². The zero-order valence-electron chi connectivity index (χ0n) is 25.9. The molecule has 2 saturated carbocycles. The number of anilines is 2. The molecular weight excluding hydrogens is 594 g/mol. The van der Waals surface area contributed by atoms with Crippen LogP contribution in [-0.4, -0.2) is 52.4 Å². The van der Waals surface area contributed by atoms with Gasteiger partial charge >= 0.3 is 6.09 Å². The van der Waals surface area contributed by atoms with Crippen molar-refractivity contribution in [2.75, 3.05) is 17.3 Å². The van der Waals surface area contributed by atoms with Crippen molar-refractivity contribution in [3.05, 3.63) is 77.8 Å². The zero-order valence-corrected chi connectivity index (χ0v) is 26.8. The van der Waals surface area contributed by atoms with Crippen molar-refractivity contribution in [3.8, 4) is 0 Å². The highest BCUT2D eigenvalue weighted by atomic mass is 32.2. The van der Waals surface area contributed by atoms with E-state index < -0.39 is 27.6 Å². The van der Waals surface area contributed by atoms with E-state index in [1.54, 1.807) is 45.2 Å². The number of benzene rings is 1. The lowest BCUT2D eigenvalue weighted by Gasteiger charge is -2.22. The van der Waals surface area contributed by atoms with Gasteiger partial charge in [-0.1, -0.05) is 6.07 Å². The highest BCUT2D eigenvalue weighted by Gasteiger charge is 2.46. The number of nitrogens with one attached hydrogen (secondary N) is 2. The third-order valence-electron chi connectivity index (χ3n) is 7.81. The monoisotopic (exact) mass is 631 g/mol. The standard InChI is InChI=1S/C32H37N7O5S/c1-19-12-13-33-29(34-19)24-15-25(24)30(40)36-26-14-23(9-10-27(26)45(42,43)37-31(41)44-32(2,3)4)38(5)17-22-18-39-16-21(20-6-7-20)8-11-28(39)35-22/h8-14,16,18,20,24-25H,6-7,15,17H2,1-5H3,(H,36,40)(H,37,41)/t24-,25-/m0/s1. The second-order valence-corrected chi connectivity index (χ2v) is 14.5. The van der Waals surface area contributed by atoms with Gasteiger partial charge in [0.15, 0.2) is 0 Å². The van der Waals surface area contributed by atoms with Crippen molar-refractivity contribution in [2.24, 2.45) is 5.92 Å². The van der Waals surface area contributed by atoms with Gasteiger partial charge in [0.2, 0.25) is 5.91 Å². The maximum Gasteiger partial charge on any atom is 0.421 e. The maximum absolute atomic E-state index is 13.4. The Labute approximate surface area is 262 Å². The lowest BCUT2D eigenvalue weighted by atomic mass is 10.2. The van der Waals surface area contributed by atoms with Gasteiger partial charge in [-0.2, -0.15) is 0 Å². The fourth-order valence-electron chi connectivity index (χ4n) is 5.32. The van der Waals surface area contributed by atoms with Crippen LogP contribution in [0.25, 0.3) is 5.65 Å². The molecule has 0 saturated heterocycles. The normalized spacial score (nSPS) is 18.0. The molecule has 236 valence electrons. The molecular formula is C32H37N7O5S. The summed E-state index contributed by atoms with van der Waals surface area (Å²) in [5.41, 5.74) is 3.58. The molecule has 3 heterocycles. The second-order valence-electron chi connectivity index (χ2n) is 12.9. The predicted octanol–water partition coefficient (Wildman–Crippen LogP) is 4.90. The molecule has 2 amide bonds. The molecule has 45 heavy (non-hydrogen) atoms. The van der Waals surface area contributed by atoms with Crippen LogP contribution in [0.4, 0.5) is 16.2 Å². The van der Waals surface area contributed by atoms with Gasteiger partial charge < -0.3 is 19.4 Å². The van der Waals surface area contributed by atoms with Crippen molar-refractivity contribution in [1.82, 2.24) is 24.1 Å². The number of nitrogens with zero attached hydrogens (tertiary/aromatic N) is 5. The van der Waals surface area contributed by atoms with E-state index in [0.717, 1.165) is 17.0 Å². The molecule has 13 heteroatoms. The van der Waals surface area contributed by atoms with Crippen molar-refractivity contribution < 1.29 is 22.7 Å². The minimum Gasteiger partial charge on any atom is -0.443 e. The molecule has 12 nitrogen and oxygen atoms in total. The van der Waals surface area contributed by atoms with E-state index in [-0.39, 0.29) is 22.4 Å². The van der Waals surface area contributed by atoms with Gasteiger partial charge in [0, 0.05) is 48.9 Å². The summed E-state index contributed by atoms with van der Waals surface area (Å²) in [7, 11) is -2.55.